The van der Waals surface area contributed by atoms with Crippen molar-refractivity contribution in [2.45, 2.75) is 58.0 Å². The summed E-state index contributed by atoms with van der Waals surface area (Å²) in [5.41, 5.74) is 1.24. The lowest BCUT2D eigenvalue weighted by molar-refractivity contribution is -0.0556. The first kappa shape index (κ1) is 21.1. The number of aliphatic hydroxyl groups excluding tert-OH is 1. The Kier molecular flexibility index (Phi) is 14.9. The summed E-state index contributed by atoms with van der Waals surface area (Å²) >= 11 is 0. The fourth-order valence-corrected chi connectivity index (χ4v) is 2.37. The minimum Gasteiger partial charge on any atom is -0.396 e. The van der Waals surface area contributed by atoms with E-state index in [0.29, 0.717) is 20.0 Å². The van der Waals surface area contributed by atoms with Crippen LogP contribution in [0.1, 0.15) is 56.9 Å². The van der Waals surface area contributed by atoms with Gasteiger partial charge in [-0.1, -0.05) is 56.0 Å². The highest BCUT2D eigenvalue weighted by atomic mass is 16.7. The number of benzene rings is 1. The van der Waals surface area contributed by atoms with Crippen molar-refractivity contribution in [2.24, 2.45) is 0 Å². The minimum atomic E-state index is 0.295. The van der Waals surface area contributed by atoms with Crippen molar-refractivity contribution in [1.82, 2.24) is 0 Å². The molecule has 0 fully saturated rings. The smallest absolute Gasteiger partial charge is 0.146 e. The molecule has 0 aliphatic carbocycles. The van der Waals surface area contributed by atoms with Crippen molar-refractivity contribution in [1.29, 1.82) is 0 Å². The first-order valence-electron chi connectivity index (χ1n) is 9.31. The van der Waals surface area contributed by atoms with Gasteiger partial charge in [-0.3, -0.25) is 0 Å². The van der Waals surface area contributed by atoms with Crippen LogP contribution in [0, 0.1) is 0 Å². The molecule has 0 spiro atoms. The first-order valence-corrected chi connectivity index (χ1v) is 9.31. The molecule has 4 nitrogen and oxygen atoms in total. The Bertz CT molecular complexity index is 356. The number of ether oxygens (including phenoxy) is 3. The van der Waals surface area contributed by atoms with E-state index in [9.17, 15) is 0 Å². The van der Waals surface area contributed by atoms with Crippen LogP contribution in [0.15, 0.2) is 30.3 Å². The van der Waals surface area contributed by atoms with Crippen molar-refractivity contribution in [2.75, 3.05) is 33.2 Å². The molecule has 0 aliphatic heterocycles. The Labute approximate surface area is 147 Å². The maximum absolute atomic E-state index is 8.66. The second-order valence-electron chi connectivity index (χ2n) is 6.02. The van der Waals surface area contributed by atoms with Crippen LogP contribution in [0.25, 0.3) is 0 Å². The van der Waals surface area contributed by atoms with Gasteiger partial charge < -0.3 is 19.3 Å². The molecule has 1 aromatic carbocycles. The van der Waals surface area contributed by atoms with Gasteiger partial charge in [-0.15, -0.1) is 0 Å². The van der Waals surface area contributed by atoms with Crippen LogP contribution in [0.4, 0.5) is 0 Å². The topological polar surface area (TPSA) is 47.9 Å². The van der Waals surface area contributed by atoms with E-state index in [1.54, 1.807) is 0 Å². The predicted molar refractivity (Wildman–Crippen MR) is 96.9 cm³/mol. The summed E-state index contributed by atoms with van der Waals surface area (Å²) in [6, 6.07) is 10.3. The molecule has 0 heterocycles. The normalized spacial score (nSPS) is 11.0. The summed E-state index contributed by atoms with van der Waals surface area (Å²) < 4.78 is 16.5. The number of hydrogen-bond acceptors (Lipinski definition) is 4. The average molecular weight is 338 g/mol. The SMILES string of the molecule is OCCCCCCOCOCCCCCCOCc1ccccc1. The molecular weight excluding hydrogens is 304 g/mol. The lowest BCUT2D eigenvalue weighted by Gasteiger charge is -2.06. The van der Waals surface area contributed by atoms with Crippen molar-refractivity contribution in [3.05, 3.63) is 35.9 Å². The maximum atomic E-state index is 8.66. The molecule has 0 radical (unpaired) electrons. The maximum Gasteiger partial charge on any atom is 0.146 e. The molecule has 0 amide bonds. The van der Waals surface area contributed by atoms with Crippen LogP contribution in [-0.4, -0.2) is 38.3 Å². The Morgan fingerprint density at radius 2 is 1.17 bits per heavy atom. The highest BCUT2D eigenvalue weighted by molar-refractivity contribution is 5.13. The zero-order valence-corrected chi connectivity index (χ0v) is 15.0. The zero-order chi connectivity index (χ0) is 17.1. The Balaban J connectivity index is 1.70. The van der Waals surface area contributed by atoms with E-state index >= 15 is 0 Å². The molecule has 0 aromatic heterocycles. The third kappa shape index (κ3) is 13.5. The summed E-state index contributed by atoms with van der Waals surface area (Å²) in [6.07, 6.45) is 8.69. The number of unbranched alkanes of at least 4 members (excludes halogenated alkanes) is 6. The van der Waals surface area contributed by atoms with Crippen molar-refractivity contribution >= 4 is 0 Å². The molecule has 1 aromatic rings. The predicted octanol–water partition coefficient (Wildman–Crippen LogP) is 4.31. The first-order chi connectivity index (χ1) is 11.9. The van der Waals surface area contributed by atoms with Gasteiger partial charge in [0.05, 0.1) is 6.61 Å². The third-order valence-corrected chi connectivity index (χ3v) is 3.80. The molecular formula is C20H34O4. The summed E-state index contributed by atoms with van der Waals surface area (Å²) in [6.45, 7) is 3.76. The Morgan fingerprint density at radius 3 is 1.75 bits per heavy atom. The van der Waals surface area contributed by atoms with Gasteiger partial charge in [0.15, 0.2) is 0 Å². The van der Waals surface area contributed by atoms with Crippen LogP contribution in [0.5, 0.6) is 0 Å². The summed E-state index contributed by atoms with van der Waals surface area (Å²) in [7, 11) is 0. The highest BCUT2D eigenvalue weighted by Gasteiger charge is 1.95. The van der Waals surface area contributed by atoms with Crippen molar-refractivity contribution in [3.8, 4) is 0 Å². The molecule has 0 bridgehead atoms. The van der Waals surface area contributed by atoms with Gasteiger partial charge in [-0.05, 0) is 31.2 Å². The van der Waals surface area contributed by atoms with Gasteiger partial charge in [0.25, 0.3) is 0 Å². The van der Waals surface area contributed by atoms with Crippen LogP contribution in [0.2, 0.25) is 0 Å². The molecule has 0 aliphatic rings. The second kappa shape index (κ2) is 16.9. The molecule has 138 valence electrons. The molecule has 4 heteroatoms. The zero-order valence-electron chi connectivity index (χ0n) is 15.0. The molecule has 1 N–H and O–H groups in total. The van der Waals surface area contributed by atoms with Gasteiger partial charge in [-0.2, -0.15) is 0 Å². The van der Waals surface area contributed by atoms with E-state index in [1.165, 1.54) is 18.4 Å². The highest BCUT2D eigenvalue weighted by Crippen LogP contribution is 2.04. The summed E-state index contributed by atoms with van der Waals surface area (Å²) in [4.78, 5) is 0. The largest absolute Gasteiger partial charge is 0.396 e. The van der Waals surface area contributed by atoms with Crippen LogP contribution in [0.3, 0.4) is 0 Å². The lowest BCUT2D eigenvalue weighted by atomic mass is 10.2. The fraction of sp³-hybridized carbons (Fsp3) is 0.700. The Morgan fingerprint density at radius 1 is 0.625 bits per heavy atom. The van der Waals surface area contributed by atoms with E-state index in [-0.39, 0.29) is 0 Å². The van der Waals surface area contributed by atoms with Crippen molar-refractivity contribution < 1.29 is 19.3 Å². The lowest BCUT2D eigenvalue weighted by Crippen LogP contribution is -2.03. The molecule has 0 saturated heterocycles. The second-order valence-corrected chi connectivity index (χ2v) is 6.02. The fourth-order valence-electron chi connectivity index (χ4n) is 2.37. The number of aliphatic hydroxyl groups is 1. The van der Waals surface area contributed by atoms with E-state index in [2.05, 4.69) is 12.1 Å². The van der Waals surface area contributed by atoms with E-state index in [1.807, 2.05) is 18.2 Å². The third-order valence-electron chi connectivity index (χ3n) is 3.80. The molecule has 0 atom stereocenters. The monoisotopic (exact) mass is 338 g/mol. The molecule has 24 heavy (non-hydrogen) atoms. The molecule has 0 unspecified atom stereocenters. The van der Waals surface area contributed by atoms with Gasteiger partial charge >= 0.3 is 0 Å². The Hall–Kier alpha value is -0.940. The summed E-state index contributed by atoms with van der Waals surface area (Å²) in [5.74, 6) is 0. The average Bonchev–Trinajstić information content (AvgIpc) is 2.62. The van der Waals surface area contributed by atoms with Gasteiger partial charge in [0, 0.05) is 26.4 Å². The standard InChI is InChI=1S/C20H34O4/c21-14-8-1-2-10-16-23-19-24-17-11-4-3-9-15-22-18-20-12-6-5-7-13-20/h5-7,12-13,21H,1-4,8-11,14-19H2. The molecule has 0 saturated carbocycles. The quantitative estimate of drug-likeness (QED) is 0.340. The molecule has 1 rings (SSSR count). The van der Waals surface area contributed by atoms with Gasteiger partial charge in [0.2, 0.25) is 0 Å². The van der Waals surface area contributed by atoms with E-state index in [0.717, 1.165) is 58.3 Å². The van der Waals surface area contributed by atoms with Crippen LogP contribution >= 0.6 is 0 Å². The van der Waals surface area contributed by atoms with Crippen LogP contribution < -0.4 is 0 Å². The van der Waals surface area contributed by atoms with E-state index in [4.69, 9.17) is 19.3 Å². The number of hydrogen-bond donors (Lipinski definition) is 1. The van der Waals surface area contributed by atoms with E-state index < -0.39 is 0 Å². The van der Waals surface area contributed by atoms with Crippen LogP contribution in [-0.2, 0) is 20.8 Å². The van der Waals surface area contributed by atoms with Gasteiger partial charge in [-0.25, -0.2) is 0 Å². The minimum absolute atomic E-state index is 0.295. The summed E-state index contributed by atoms with van der Waals surface area (Å²) in [5, 5.41) is 8.66. The van der Waals surface area contributed by atoms with Gasteiger partial charge in [0.1, 0.15) is 6.79 Å². The van der Waals surface area contributed by atoms with Crippen molar-refractivity contribution in [3.63, 3.8) is 0 Å². The number of rotatable bonds is 17.